The fraction of sp³-hybridized carbons (Fsp3) is 0.538. The molecule has 1 aromatic rings. The highest BCUT2D eigenvalue weighted by atomic mass is 19.1. The number of anilines is 1. The van der Waals surface area contributed by atoms with Crippen molar-refractivity contribution >= 4 is 5.69 Å². The van der Waals surface area contributed by atoms with Crippen LogP contribution in [0.25, 0.3) is 0 Å². The molecule has 0 saturated carbocycles. The van der Waals surface area contributed by atoms with Gasteiger partial charge in [-0.25, -0.2) is 4.39 Å². The maximum Gasteiger partial charge on any atom is 0.123 e. The van der Waals surface area contributed by atoms with Crippen LogP contribution in [0.1, 0.15) is 0 Å². The van der Waals surface area contributed by atoms with Crippen molar-refractivity contribution in [1.82, 2.24) is 10.2 Å². The molecule has 1 aromatic carbocycles. The average molecular weight is 239 g/mol. The van der Waals surface area contributed by atoms with Crippen molar-refractivity contribution in [2.45, 2.75) is 0 Å². The smallest absolute Gasteiger partial charge is 0.123 e. The summed E-state index contributed by atoms with van der Waals surface area (Å²) >= 11 is 0. The molecule has 0 aromatic heterocycles. The Morgan fingerprint density at radius 1 is 1.00 bits per heavy atom. The largest absolute Gasteiger partial charge is 0.373 e. The van der Waals surface area contributed by atoms with Gasteiger partial charge in [-0.1, -0.05) is 0 Å². The molecular formula is C13H22FN3. The fourth-order valence-electron chi connectivity index (χ4n) is 1.50. The van der Waals surface area contributed by atoms with Crippen LogP contribution in [0.4, 0.5) is 10.1 Å². The minimum absolute atomic E-state index is 0.189. The first-order valence-electron chi connectivity index (χ1n) is 5.92. The number of rotatable bonds is 7. The van der Waals surface area contributed by atoms with Gasteiger partial charge in [0.1, 0.15) is 5.82 Å². The van der Waals surface area contributed by atoms with Crippen LogP contribution in [0.5, 0.6) is 0 Å². The van der Waals surface area contributed by atoms with Gasteiger partial charge >= 0.3 is 0 Å². The van der Waals surface area contributed by atoms with E-state index in [1.54, 1.807) is 12.1 Å². The molecule has 0 heterocycles. The Morgan fingerprint density at radius 3 is 2.18 bits per heavy atom. The van der Waals surface area contributed by atoms with Gasteiger partial charge in [0.15, 0.2) is 0 Å². The summed E-state index contributed by atoms with van der Waals surface area (Å²) < 4.78 is 12.7. The molecule has 17 heavy (non-hydrogen) atoms. The summed E-state index contributed by atoms with van der Waals surface area (Å²) in [6.07, 6.45) is 0. The van der Waals surface area contributed by atoms with Crippen LogP contribution < -0.4 is 10.2 Å². The predicted molar refractivity (Wildman–Crippen MR) is 71.1 cm³/mol. The molecule has 0 aliphatic carbocycles. The zero-order valence-corrected chi connectivity index (χ0v) is 10.9. The van der Waals surface area contributed by atoms with Gasteiger partial charge in [-0.05, 0) is 38.4 Å². The Bertz CT molecular complexity index is 311. The second-order valence-electron chi connectivity index (χ2n) is 4.45. The van der Waals surface area contributed by atoms with Crippen LogP contribution in [0.3, 0.4) is 0 Å². The second kappa shape index (κ2) is 7.25. The molecule has 1 N–H and O–H groups in total. The standard InChI is InChI=1S/C13H22FN3/c1-16(2)10-8-15-9-11-17(3)13-6-4-12(14)5-7-13/h4-7,15H,8-11H2,1-3H3. The van der Waals surface area contributed by atoms with Crippen LogP contribution in [0.15, 0.2) is 24.3 Å². The highest BCUT2D eigenvalue weighted by Crippen LogP contribution is 2.12. The monoisotopic (exact) mass is 239 g/mol. The number of likely N-dealkylation sites (N-methyl/N-ethyl adjacent to an activating group) is 2. The summed E-state index contributed by atoms with van der Waals surface area (Å²) in [4.78, 5) is 4.26. The molecular weight excluding hydrogens is 217 g/mol. The van der Waals surface area contributed by atoms with E-state index in [0.717, 1.165) is 31.9 Å². The first-order valence-corrected chi connectivity index (χ1v) is 5.92. The maximum absolute atomic E-state index is 12.7. The fourth-order valence-corrected chi connectivity index (χ4v) is 1.50. The zero-order chi connectivity index (χ0) is 12.7. The van der Waals surface area contributed by atoms with E-state index in [1.807, 2.05) is 7.05 Å². The van der Waals surface area contributed by atoms with E-state index in [0.29, 0.717) is 0 Å². The highest BCUT2D eigenvalue weighted by Gasteiger charge is 2.00. The van der Waals surface area contributed by atoms with Gasteiger partial charge in [0.2, 0.25) is 0 Å². The Morgan fingerprint density at radius 2 is 1.59 bits per heavy atom. The molecule has 4 heteroatoms. The first-order chi connectivity index (χ1) is 8.09. The van der Waals surface area contributed by atoms with Gasteiger partial charge in [-0.15, -0.1) is 0 Å². The Balaban J connectivity index is 2.21. The summed E-state index contributed by atoms with van der Waals surface area (Å²) in [7, 11) is 6.14. The van der Waals surface area contributed by atoms with E-state index in [9.17, 15) is 4.39 Å². The number of hydrogen-bond acceptors (Lipinski definition) is 3. The predicted octanol–water partition coefficient (Wildman–Crippen LogP) is 1.41. The Hall–Kier alpha value is -1.13. The van der Waals surface area contributed by atoms with Crippen LogP contribution >= 0.6 is 0 Å². The number of halogens is 1. The van der Waals surface area contributed by atoms with E-state index >= 15 is 0 Å². The molecule has 0 radical (unpaired) electrons. The third kappa shape index (κ3) is 5.65. The highest BCUT2D eigenvalue weighted by molar-refractivity contribution is 5.45. The molecule has 0 saturated heterocycles. The van der Waals surface area contributed by atoms with E-state index in [4.69, 9.17) is 0 Å². The summed E-state index contributed by atoms with van der Waals surface area (Å²) in [5.74, 6) is -0.189. The lowest BCUT2D eigenvalue weighted by atomic mass is 10.3. The maximum atomic E-state index is 12.7. The van der Waals surface area contributed by atoms with Crippen molar-refractivity contribution in [2.75, 3.05) is 52.2 Å². The van der Waals surface area contributed by atoms with Gasteiger partial charge in [-0.2, -0.15) is 0 Å². The van der Waals surface area contributed by atoms with Gasteiger partial charge in [0.25, 0.3) is 0 Å². The van der Waals surface area contributed by atoms with Crippen molar-refractivity contribution in [2.24, 2.45) is 0 Å². The second-order valence-corrected chi connectivity index (χ2v) is 4.45. The van der Waals surface area contributed by atoms with Crippen molar-refractivity contribution in [1.29, 1.82) is 0 Å². The van der Waals surface area contributed by atoms with Gasteiger partial charge in [0.05, 0.1) is 0 Å². The van der Waals surface area contributed by atoms with Gasteiger partial charge in [-0.3, -0.25) is 0 Å². The Labute approximate surface area is 103 Å². The van der Waals surface area contributed by atoms with Crippen LogP contribution in [-0.4, -0.2) is 52.2 Å². The van der Waals surface area contributed by atoms with Crippen LogP contribution in [0, 0.1) is 5.82 Å². The van der Waals surface area contributed by atoms with Crippen molar-refractivity contribution in [3.8, 4) is 0 Å². The molecule has 3 nitrogen and oxygen atoms in total. The van der Waals surface area contributed by atoms with E-state index in [1.165, 1.54) is 12.1 Å². The number of nitrogens with zero attached hydrogens (tertiary/aromatic N) is 2. The quantitative estimate of drug-likeness (QED) is 0.726. The lowest BCUT2D eigenvalue weighted by Crippen LogP contribution is -2.33. The number of hydrogen-bond donors (Lipinski definition) is 1. The minimum Gasteiger partial charge on any atom is -0.373 e. The molecule has 96 valence electrons. The minimum atomic E-state index is -0.189. The number of nitrogens with one attached hydrogen (secondary N) is 1. The molecule has 0 aliphatic rings. The van der Waals surface area contributed by atoms with Gasteiger partial charge < -0.3 is 15.1 Å². The van der Waals surface area contributed by atoms with E-state index in [2.05, 4.69) is 29.2 Å². The SMILES string of the molecule is CN(C)CCNCCN(C)c1ccc(F)cc1. The molecule has 1 rings (SSSR count). The molecule has 0 fully saturated rings. The zero-order valence-electron chi connectivity index (χ0n) is 10.9. The molecule has 0 bridgehead atoms. The van der Waals surface area contributed by atoms with E-state index < -0.39 is 0 Å². The molecule has 0 spiro atoms. The third-order valence-corrected chi connectivity index (χ3v) is 2.63. The summed E-state index contributed by atoms with van der Waals surface area (Å²) in [5, 5.41) is 3.37. The summed E-state index contributed by atoms with van der Waals surface area (Å²) in [5.41, 5.74) is 1.04. The normalized spacial score (nSPS) is 10.9. The average Bonchev–Trinajstić information content (AvgIpc) is 2.29. The van der Waals surface area contributed by atoms with Crippen molar-refractivity contribution < 1.29 is 4.39 Å². The molecule has 0 amide bonds. The van der Waals surface area contributed by atoms with Gasteiger partial charge in [0, 0.05) is 38.9 Å². The van der Waals surface area contributed by atoms with Crippen LogP contribution in [-0.2, 0) is 0 Å². The molecule has 0 unspecified atom stereocenters. The number of benzene rings is 1. The Kier molecular flexibility index (Phi) is 5.94. The topological polar surface area (TPSA) is 18.5 Å². The summed E-state index contributed by atoms with van der Waals surface area (Å²) in [6, 6.07) is 6.58. The van der Waals surface area contributed by atoms with Crippen molar-refractivity contribution in [3.05, 3.63) is 30.1 Å². The summed E-state index contributed by atoms with van der Waals surface area (Å²) in [6.45, 7) is 3.88. The first kappa shape index (κ1) is 13.9. The third-order valence-electron chi connectivity index (χ3n) is 2.63. The van der Waals surface area contributed by atoms with Crippen molar-refractivity contribution in [3.63, 3.8) is 0 Å². The van der Waals surface area contributed by atoms with Crippen LogP contribution in [0.2, 0.25) is 0 Å². The molecule has 0 aliphatic heterocycles. The molecule has 0 atom stereocenters. The lowest BCUT2D eigenvalue weighted by Gasteiger charge is -2.19. The lowest BCUT2D eigenvalue weighted by molar-refractivity contribution is 0.401. The van der Waals surface area contributed by atoms with E-state index in [-0.39, 0.29) is 5.82 Å².